The fourth-order valence-corrected chi connectivity index (χ4v) is 2.01. The Hall–Kier alpha value is -1.61. The first-order chi connectivity index (χ1) is 8.16. The second kappa shape index (κ2) is 5.15. The molecule has 0 fully saturated rings. The van der Waals surface area contributed by atoms with Crippen LogP contribution in [-0.4, -0.2) is 23.3 Å². The predicted molar refractivity (Wildman–Crippen MR) is 64.4 cm³/mol. The summed E-state index contributed by atoms with van der Waals surface area (Å²) in [5, 5.41) is 9.98. The van der Waals surface area contributed by atoms with Crippen molar-refractivity contribution in [3.8, 4) is 0 Å². The highest BCUT2D eigenvalue weighted by Gasteiger charge is 2.29. The Balaban J connectivity index is 1.88. The molecule has 1 aliphatic heterocycles. The second-order valence-electron chi connectivity index (χ2n) is 4.34. The Morgan fingerprint density at radius 3 is 2.65 bits per heavy atom. The average molecular weight is 232 g/mol. The van der Waals surface area contributed by atoms with Crippen molar-refractivity contribution < 1.29 is 14.6 Å². The van der Waals surface area contributed by atoms with Crippen LogP contribution < -0.4 is 0 Å². The van der Waals surface area contributed by atoms with Crippen LogP contribution in [0.4, 0.5) is 0 Å². The van der Waals surface area contributed by atoms with E-state index in [1.165, 1.54) is 11.6 Å². The molecule has 0 aliphatic carbocycles. The average Bonchev–Trinajstić information content (AvgIpc) is 2.67. The van der Waals surface area contributed by atoms with Gasteiger partial charge in [0, 0.05) is 6.08 Å². The molecule has 17 heavy (non-hydrogen) atoms. The van der Waals surface area contributed by atoms with Gasteiger partial charge in [0.2, 0.25) is 0 Å². The van der Waals surface area contributed by atoms with Crippen LogP contribution in [0.25, 0.3) is 0 Å². The lowest BCUT2D eigenvalue weighted by Crippen LogP contribution is -2.28. The molecule has 0 saturated heterocycles. The number of aliphatic hydroxyl groups excluding tert-OH is 1. The van der Waals surface area contributed by atoms with Crippen LogP contribution in [0.2, 0.25) is 0 Å². The van der Waals surface area contributed by atoms with E-state index in [2.05, 4.69) is 0 Å². The molecule has 1 aromatic carbocycles. The van der Waals surface area contributed by atoms with Gasteiger partial charge in [0.25, 0.3) is 0 Å². The van der Waals surface area contributed by atoms with E-state index in [0.29, 0.717) is 6.42 Å². The lowest BCUT2D eigenvalue weighted by molar-refractivity contribution is -0.143. The number of ether oxygens (including phenoxy) is 1. The number of rotatable bonds is 4. The van der Waals surface area contributed by atoms with Gasteiger partial charge in [0.15, 0.2) is 0 Å². The zero-order valence-corrected chi connectivity index (χ0v) is 9.80. The van der Waals surface area contributed by atoms with E-state index in [9.17, 15) is 9.90 Å². The molecule has 3 nitrogen and oxygen atoms in total. The quantitative estimate of drug-likeness (QED) is 0.806. The van der Waals surface area contributed by atoms with E-state index in [0.717, 1.165) is 12.0 Å². The molecule has 0 saturated carbocycles. The van der Waals surface area contributed by atoms with Gasteiger partial charge in [-0.15, -0.1) is 0 Å². The highest BCUT2D eigenvalue weighted by atomic mass is 16.6. The summed E-state index contributed by atoms with van der Waals surface area (Å²) in [6.45, 7) is 1.81. The van der Waals surface area contributed by atoms with Crippen molar-refractivity contribution in [2.45, 2.75) is 32.0 Å². The monoisotopic (exact) mass is 232 g/mol. The van der Waals surface area contributed by atoms with Gasteiger partial charge in [0.05, 0.1) is 6.10 Å². The molecule has 0 radical (unpaired) electrons. The first-order valence-corrected chi connectivity index (χ1v) is 5.77. The number of aryl methyl sites for hydroxylation is 1. The summed E-state index contributed by atoms with van der Waals surface area (Å²) in [6, 6.07) is 9.96. The number of hydrogen-bond acceptors (Lipinski definition) is 3. The van der Waals surface area contributed by atoms with Gasteiger partial charge in [-0.3, -0.25) is 0 Å². The molecule has 90 valence electrons. The summed E-state index contributed by atoms with van der Waals surface area (Å²) in [5.74, 6) is -0.355. The third-order valence-corrected chi connectivity index (χ3v) is 2.96. The van der Waals surface area contributed by atoms with E-state index >= 15 is 0 Å². The standard InChI is InChI=1S/C14H16O3/c1-10-9-13(16)17-14(10)12(15)8-7-11-5-3-2-4-6-11/h2-6,9,12,14-15H,7-8H2,1H3/t12-,14+/m1/s1. The number of benzene rings is 1. The highest BCUT2D eigenvalue weighted by molar-refractivity contribution is 5.85. The fraction of sp³-hybridized carbons (Fsp3) is 0.357. The third-order valence-electron chi connectivity index (χ3n) is 2.96. The molecule has 2 atom stereocenters. The van der Waals surface area contributed by atoms with Gasteiger partial charge in [-0.1, -0.05) is 30.3 Å². The van der Waals surface area contributed by atoms with E-state index in [-0.39, 0.29) is 5.97 Å². The topological polar surface area (TPSA) is 46.5 Å². The van der Waals surface area contributed by atoms with Crippen LogP contribution in [0.5, 0.6) is 0 Å². The van der Waals surface area contributed by atoms with Gasteiger partial charge >= 0.3 is 5.97 Å². The highest BCUT2D eigenvalue weighted by Crippen LogP contribution is 2.21. The summed E-state index contributed by atoms with van der Waals surface area (Å²) in [4.78, 5) is 11.0. The maximum absolute atomic E-state index is 11.0. The summed E-state index contributed by atoms with van der Waals surface area (Å²) in [6.07, 6.45) is 1.72. The lowest BCUT2D eigenvalue weighted by atomic mass is 10.0. The van der Waals surface area contributed by atoms with Crippen LogP contribution in [0.15, 0.2) is 42.0 Å². The third kappa shape index (κ3) is 2.94. The van der Waals surface area contributed by atoms with Crippen molar-refractivity contribution in [2.75, 3.05) is 0 Å². The van der Waals surface area contributed by atoms with Gasteiger partial charge in [-0.25, -0.2) is 4.79 Å². The van der Waals surface area contributed by atoms with Crippen molar-refractivity contribution in [3.63, 3.8) is 0 Å². The van der Waals surface area contributed by atoms with Crippen molar-refractivity contribution >= 4 is 5.97 Å². The van der Waals surface area contributed by atoms with E-state index < -0.39 is 12.2 Å². The predicted octanol–water partition coefficient (Wildman–Crippen LogP) is 1.85. The Kier molecular flexibility index (Phi) is 3.59. The number of carbonyl (C=O) groups is 1. The molecule has 1 N–H and O–H groups in total. The number of carbonyl (C=O) groups excluding carboxylic acids is 1. The van der Waals surface area contributed by atoms with Crippen molar-refractivity contribution in [1.82, 2.24) is 0 Å². The molecule has 0 unspecified atom stereocenters. The van der Waals surface area contributed by atoms with Crippen LogP contribution in [0.1, 0.15) is 18.9 Å². The minimum Gasteiger partial charge on any atom is -0.452 e. The maximum Gasteiger partial charge on any atom is 0.331 e. The SMILES string of the molecule is CC1=CC(=O)O[C@@H]1[C@H](O)CCc1ccccc1. The first-order valence-electron chi connectivity index (χ1n) is 5.77. The molecule has 1 aliphatic rings. The molecule has 0 spiro atoms. The van der Waals surface area contributed by atoms with Gasteiger partial charge in [-0.05, 0) is 30.9 Å². The van der Waals surface area contributed by atoms with Crippen molar-refractivity contribution in [2.24, 2.45) is 0 Å². The summed E-state index contributed by atoms with van der Waals surface area (Å²) in [7, 11) is 0. The van der Waals surface area contributed by atoms with E-state index in [1.807, 2.05) is 30.3 Å². The molecule has 1 aromatic rings. The number of esters is 1. The summed E-state index contributed by atoms with van der Waals surface area (Å²) < 4.78 is 5.04. The molecule has 0 aromatic heterocycles. The number of cyclic esters (lactones) is 1. The van der Waals surface area contributed by atoms with Crippen LogP contribution in [0.3, 0.4) is 0 Å². The Bertz CT molecular complexity index is 422. The molecule has 1 heterocycles. The minimum atomic E-state index is -0.627. The zero-order chi connectivity index (χ0) is 12.3. The zero-order valence-electron chi connectivity index (χ0n) is 9.80. The van der Waals surface area contributed by atoms with Gasteiger partial charge in [-0.2, -0.15) is 0 Å². The molecule has 0 bridgehead atoms. The fourth-order valence-electron chi connectivity index (χ4n) is 2.01. The lowest BCUT2D eigenvalue weighted by Gasteiger charge is -2.18. The molecular formula is C14H16O3. The van der Waals surface area contributed by atoms with E-state index in [4.69, 9.17) is 4.74 Å². The first kappa shape index (κ1) is 11.9. The van der Waals surface area contributed by atoms with Gasteiger partial charge in [0.1, 0.15) is 6.10 Å². The molecule has 2 rings (SSSR count). The van der Waals surface area contributed by atoms with Crippen molar-refractivity contribution in [1.29, 1.82) is 0 Å². The number of aliphatic hydroxyl groups is 1. The Labute approximate surface area is 101 Å². The second-order valence-corrected chi connectivity index (χ2v) is 4.34. The summed E-state index contributed by atoms with van der Waals surface area (Å²) >= 11 is 0. The van der Waals surface area contributed by atoms with Gasteiger partial charge < -0.3 is 9.84 Å². The van der Waals surface area contributed by atoms with Crippen LogP contribution >= 0.6 is 0 Å². The van der Waals surface area contributed by atoms with E-state index in [1.54, 1.807) is 6.92 Å². The number of hydrogen-bond donors (Lipinski definition) is 1. The normalized spacial score (nSPS) is 20.9. The Morgan fingerprint density at radius 2 is 2.06 bits per heavy atom. The van der Waals surface area contributed by atoms with Crippen molar-refractivity contribution in [3.05, 3.63) is 47.5 Å². The smallest absolute Gasteiger partial charge is 0.331 e. The maximum atomic E-state index is 11.0. The van der Waals surface area contributed by atoms with Crippen LogP contribution in [0, 0.1) is 0 Å². The minimum absolute atomic E-state index is 0.355. The molecule has 3 heteroatoms. The largest absolute Gasteiger partial charge is 0.452 e. The summed E-state index contributed by atoms with van der Waals surface area (Å²) in [5.41, 5.74) is 1.98. The Morgan fingerprint density at radius 1 is 1.35 bits per heavy atom. The van der Waals surface area contributed by atoms with Crippen LogP contribution in [-0.2, 0) is 16.0 Å². The molecule has 0 amide bonds. The molecular weight excluding hydrogens is 216 g/mol.